The lowest BCUT2D eigenvalue weighted by molar-refractivity contribution is 0.0225. The van der Waals surface area contributed by atoms with E-state index in [-0.39, 0.29) is 0 Å². The molecule has 0 amide bonds. The summed E-state index contributed by atoms with van der Waals surface area (Å²) in [4.78, 5) is 0. The lowest BCUT2D eigenvalue weighted by atomic mass is 10.3. The molecule has 0 unspecified atom stereocenters. The van der Waals surface area contributed by atoms with Crippen LogP contribution in [0.15, 0.2) is 36.4 Å². The van der Waals surface area contributed by atoms with Gasteiger partial charge < -0.3 is 9.47 Å². The standard InChI is InChI=1S/C14H10Cl4O2/c1-8(19-13-4-2-9(15)6-11(13)17)20-14-5-3-10(16)7-12(14)18/h2-8H,1H3. The van der Waals surface area contributed by atoms with E-state index >= 15 is 0 Å². The number of hydrogen-bond acceptors (Lipinski definition) is 2. The van der Waals surface area contributed by atoms with Gasteiger partial charge in [-0.2, -0.15) is 0 Å². The van der Waals surface area contributed by atoms with Crippen molar-refractivity contribution in [1.82, 2.24) is 0 Å². The van der Waals surface area contributed by atoms with Crippen LogP contribution in [-0.4, -0.2) is 6.29 Å². The summed E-state index contributed by atoms with van der Waals surface area (Å²) >= 11 is 23.7. The van der Waals surface area contributed by atoms with Crippen LogP contribution in [0.2, 0.25) is 20.1 Å². The zero-order chi connectivity index (χ0) is 14.7. The molecular weight excluding hydrogens is 342 g/mol. The Labute approximate surface area is 137 Å². The Balaban J connectivity index is 2.07. The summed E-state index contributed by atoms with van der Waals surface area (Å²) in [6, 6.07) is 9.92. The first-order valence-electron chi connectivity index (χ1n) is 5.69. The molecule has 6 heteroatoms. The van der Waals surface area contributed by atoms with Gasteiger partial charge in [0.1, 0.15) is 11.5 Å². The predicted molar refractivity (Wildman–Crippen MR) is 83.6 cm³/mol. The Bertz CT molecular complexity index is 563. The van der Waals surface area contributed by atoms with Crippen molar-refractivity contribution >= 4 is 46.4 Å². The van der Waals surface area contributed by atoms with Gasteiger partial charge in [-0.1, -0.05) is 46.4 Å². The van der Waals surface area contributed by atoms with Gasteiger partial charge in [-0.25, -0.2) is 0 Å². The maximum absolute atomic E-state index is 6.02. The third kappa shape index (κ3) is 4.10. The molecule has 0 fully saturated rings. The fraction of sp³-hybridized carbons (Fsp3) is 0.143. The van der Waals surface area contributed by atoms with Crippen molar-refractivity contribution in [3.05, 3.63) is 56.5 Å². The second-order valence-electron chi connectivity index (χ2n) is 3.95. The summed E-state index contributed by atoms with van der Waals surface area (Å²) in [7, 11) is 0. The topological polar surface area (TPSA) is 18.5 Å². The highest BCUT2D eigenvalue weighted by molar-refractivity contribution is 6.36. The third-order valence-corrected chi connectivity index (χ3v) is 3.43. The summed E-state index contributed by atoms with van der Waals surface area (Å²) in [5, 5.41) is 1.90. The van der Waals surface area contributed by atoms with Gasteiger partial charge in [-0.05, 0) is 36.4 Å². The molecule has 0 bridgehead atoms. The number of hydrogen-bond donors (Lipinski definition) is 0. The Kier molecular flexibility index (Phi) is 5.28. The Hall–Kier alpha value is -0.800. The minimum absolute atomic E-state index is 0.412. The highest BCUT2D eigenvalue weighted by Gasteiger charge is 2.11. The Morgan fingerprint density at radius 2 is 1.15 bits per heavy atom. The summed E-state index contributed by atoms with van der Waals surface area (Å²) in [6.45, 7) is 1.73. The van der Waals surface area contributed by atoms with Crippen LogP contribution in [0, 0.1) is 0 Å². The molecule has 0 aliphatic carbocycles. The van der Waals surface area contributed by atoms with E-state index in [0.29, 0.717) is 31.6 Å². The van der Waals surface area contributed by atoms with Crippen LogP contribution >= 0.6 is 46.4 Å². The van der Waals surface area contributed by atoms with Crippen LogP contribution in [0.1, 0.15) is 6.92 Å². The van der Waals surface area contributed by atoms with Crippen molar-refractivity contribution < 1.29 is 9.47 Å². The van der Waals surface area contributed by atoms with Gasteiger partial charge in [0.05, 0.1) is 10.0 Å². The SMILES string of the molecule is CC(Oc1ccc(Cl)cc1Cl)Oc1ccc(Cl)cc1Cl. The zero-order valence-corrected chi connectivity index (χ0v) is 13.4. The number of halogens is 4. The van der Waals surface area contributed by atoms with Gasteiger partial charge in [0.2, 0.25) is 6.29 Å². The number of rotatable bonds is 4. The summed E-state index contributed by atoms with van der Waals surface area (Å²) in [5.41, 5.74) is 0. The fourth-order valence-corrected chi connectivity index (χ4v) is 2.43. The molecule has 0 N–H and O–H groups in total. The second kappa shape index (κ2) is 6.77. The number of ether oxygens (including phenoxy) is 2. The molecule has 0 saturated carbocycles. The molecule has 2 aromatic rings. The van der Waals surface area contributed by atoms with Crippen molar-refractivity contribution in [3.63, 3.8) is 0 Å². The average Bonchev–Trinajstić information content (AvgIpc) is 2.36. The third-order valence-electron chi connectivity index (χ3n) is 2.37. The summed E-state index contributed by atoms with van der Waals surface area (Å²) < 4.78 is 11.2. The first-order valence-corrected chi connectivity index (χ1v) is 7.20. The maximum atomic E-state index is 6.02. The summed E-state index contributed by atoms with van der Waals surface area (Å²) in [5.74, 6) is 0.960. The normalized spacial score (nSPS) is 10.7. The molecule has 0 aliphatic rings. The molecule has 0 heterocycles. The van der Waals surface area contributed by atoms with E-state index < -0.39 is 6.29 Å². The van der Waals surface area contributed by atoms with Crippen LogP contribution in [0.25, 0.3) is 0 Å². The minimum Gasteiger partial charge on any atom is -0.454 e. The van der Waals surface area contributed by atoms with E-state index in [2.05, 4.69) is 0 Å². The molecule has 2 aromatic carbocycles. The first-order chi connectivity index (χ1) is 9.45. The van der Waals surface area contributed by atoms with Crippen molar-refractivity contribution in [2.45, 2.75) is 13.2 Å². The van der Waals surface area contributed by atoms with E-state index in [4.69, 9.17) is 55.9 Å². The van der Waals surface area contributed by atoms with Crippen molar-refractivity contribution in [1.29, 1.82) is 0 Å². The van der Waals surface area contributed by atoms with E-state index in [1.807, 2.05) is 0 Å². The molecule has 0 radical (unpaired) electrons. The largest absolute Gasteiger partial charge is 0.454 e. The summed E-state index contributed by atoms with van der Waals surface area (Å²) in [6.07, 6.45) is -0.577. The molecule has 0 aliphatic heterocycles. The molecule has 20 heavy (non-hydrogen) atoms. The average molecular weight is 352 g/mol. The molecule has 0 spiro atoms. The zero-order valence-electron chi connectivity index (χ0n) is 10.4. The van der Waals surface area contributed by atoms with Crippen LogP contribution in [0.5, 0.6) is 11.5 Å². The van der Waals surface area contributed by atoms with Gasteiger partial charge >= 0.3 is 0 Å². The van der Waals surface area contributed by atoms with E-state index in [0.717, 1.165) is 0 Å². The maximum Gasteiger partial charge on any atom is 0.238 e. The molecular formula is C14H10Cl4O2. The highest BCUT2D eigenvalue weighted by Crippen LogP contribution is 2.31. The lowest BCUT2D eigenvalue weighted by Crippen LogP contribution is -2.19. The molecule has 0 atom stereocenters. The van der Waals surface area contributed by atoms with Gasteiger partial charge in [-0.15, -0.1) is 0 Å². The van der Waals surface area contributed by atoms with Crippen molar-refractivity contribution in [3.8, 4) is 11.5 Å². The van der Waals surface area contributed by atoms with E-state index in [1.165, 1.54) is 0 Å². The van der Waals surface area contributed by atoms with E-state index in [1.54, 1.807) is 43.3 Å². The highest BCUT2D eigenvalue weighted by atomic mass is 35.5. The Morgan fingerprint density at radius 1 is 0.750 bits per heavy atom. The Morgan fingerprint density at radius 3 is 1.50 bits per heavy atom. The quantitative estimate of drug-likeness (QED) is 0.619. The molecule has 0 saturated heterocycles. The van der Waals surface area contributed by atoms with Gasteiger partial charge in [0, 0.05) is 17.0 Å². The van der Waals surface area contributed by atoms with Gasteiger partial charge in [0.15, 0.2) is 0 Å². The van der Waals surface area contributed by atoms with Crippen molar-refractivity contribution in [2.24, 2.45) is 0 Å². The first kappa shape index (κ1) is 15.6. The smallest absolute Gasteiger partial charge is 0.238 e. The number of benzene rings is 2. The van der Waals surface area contributed by atoms with E-state index in [9.17, 15) is 0 Å². The second-order valence-corrected chi connectivity index (χ2v) is 5.64. The molecule has 2 nitrogen and oxygen atoms in total. The molecule has 106 valence electrons. The molecule has 0 aromatic heterocycles. The van der Waals surface area contributed by atoms with Crippen LogP contribution in [0.3, 0.4) is 0 Å². The van der Waals surface area contributed by atoms with Gasteiger partial charge in [0.25, 0.3) is 0 Å². The predicted octanol–water partition coefficient (Wildman–Crippen LogP) is 6.10. The van der Waals surface area contributed by atoms with Crippen LogP contribution in [0.4, 0.5) is 0 Å². The molecule has 2 rings (SSSR count). The van der Waals surface area contributed by atoms with Crippen LogP contribution in [-0.2, 0) is 0 Å². The monoisotopic (exact) mass is 350 g/mol. The van der Waals surface area contributed by atoms with Gasteiger partial charge in [-0.3, -0.25) is 0 Å². The lowest BCUT2D eigenvalue weighted by Gasteiger charge is -2.18. The van der Waals surface area contributed by atoms with Crippen LogP contribution < -0.4 is 9.47 Å². The van der Waals surface area contributed by atoms with Crippen molar-refractivity contribution in [2.75, 3.05) is 0 Å². The fourth-order valence-electron chi connectivity index (χ4n) is 1.52. The minimum atomic E-state index is -0.577.